The lowest BCUT2D eigenvalue weighted by Gasteiger charge is -2.27. The zero-order valence-electron chi connectivity index (χ0n) is 16.0. The molecule has 4 heteroatoms. The second-order valence-electron chi connectivity index (χ2n) is 7.36. The SMILES string of the molecule is CC(C)c1ccc([C@H]2C(c3ccccc3)=C(O)C(=O)N2Cc2ccco2)cc1. The molecule has 1 N–H and O–H groups in total. The zero-order valence-corrected chi connectivity index (χ0v) is 16.0. The molecule has 0 saturated carbocycles. The third kappa shape index (κ3) is 3.22. The van der Waals surface area contributed by atoms with Crippen LogP contribution in [0.1, 0.15) is 48.3 Å². The number of nitrogens with zero attached hydrogens (tertiary/aromatic N) is 1. The summed E-state index contributed by atoms with van der Waals surface area (Å²) in [6, 6.07) is 21.1. The van der Waals surface area contributed by atoms with E-state index in [0.29, 0.717) is 23.8 Å². The summed E-state index contributed by atoms with van der Waals surface area (Å²) in [5.41, 5.74) is 3.68. The van der Waals surface area contributed by atoms with E-state index in [2.05, 4.69) is 26.0 Å². The molecule has 1 amide bonds. The van der Waals surface area contributed by atoms with Crippen LogP contribution in [0.25, 0.3) is 5.57 Å². The highest BCUT2D eigenvalue weighted by Crippen LogP contribution is 2.43. The summed E-state index contributed by atoms with van der Waals surface area (Å²) in [4.78, 5) is 14.6. The zero-order chi connectivity index (χ0) is 19.7. The van der Waals surface area contributed by atoms with Gasteiger partial charge in [-0.25, -0.2) is 0 Å². The van der Waals surface area contributed by atoms with Gasteiger partial charge in [0.2, 0.25) is 0 Å². The van der Waals surface area contributed by atoms with Crippen molar-refractivity contribution in [2.75, 3.05) is 0 Å². The van der Waals surface area contributed by atoms with E-state index < -0.39 is 0 Å². The number of carbonyl (C=O) groups excluding carboxylic acids is 1. The van der Waals surface area contributed by atoms with E-state index in [1.54, 1.807) is 17.2 Å². The Bertz CT molecular complexity index is 986. The molecule has 28 heavy (non-hydrogen) atoms. The number of hydrogen-bond donors (Lipinski definition) is 1. The first-order valence-electron chi connectivity index (χ1n) is 9.48. The predicted octanol–water partition coefficient (Wildman–Crippen LogP) is 5.46. The minimum atomic E-state index is -0.381. The van der Waals surface area contributed by atoms with E-state index in [0.717, 1.165) is 11.1 Å². The Morgan fingerprint density at radius 2 is 1.71 bits per heavy atom. The van der Waals surface area contributed by atoms with Crippen molar-refractivity contribution < 1.29 is 14.3 Å². The fourth-order valence-corrected chi connectivity index (χ4v) is 3.71. The van der Waals surface area contributed by atoms with Crippen LogP contribution in [0.4, 0.5) is 0 Å². The molecule has 3 aromatic rings. The van der Waals surface area contributed by atoms with Crippen LogP contribution in [0.15, 0.2) is 83.2 Å². The molecule has 142 valence electrons. The number of benzene rings is 2. The summed E-state index contributed by atoms with van der Waals surface area (Å²) in [7, 11) is 0. The van der Waals surface area contributed by atoms with E-state index in [1.165, 1.54) is 5.56 Å². The minimum Gasteiger partial charge on any atom is -0.503 e. The molecule has 1 aliphatic rings. The van der Waals surface area contributed by atoms with Gasteiger partial charge in [0, 0.05) is 5.57 Å². The standard InChI is InChI=1S/C24H23NO3/c1-16(2)17-10-12-19(13-11-17)22-21(18-7-4-3-5-8-18)23(26)24(27)25(22)15-20-9-6-14-28-20/h3-14,16,22,26H,15H2,1-2H3/t22-/m0/s1. The van der Waals surface area contributed by atoms with Crippen molar-refractivity contribution in [2.24, 2.45) is 0 Å². The van der Waals surface area contributed by atoms with Crippen molar-refractivity contribution >= 4 is 11.5 Å². The number of furan rings is 1. The lowest BCUT2D eigenvalue weighted by molar-refractivity contribution is -0.130. The molecule has 4 rings (SSSR count). The number of aliphatic hydroxyl groups excluding tert-OH is 1. The molecule has 0 bridgehead atoms. The number of aliphatic hydroxyl groups is 1. The molecule has 1 aromatic heterocycles. The summed E-state index contributed by atoms with van der Waals surface area (Å²) in [6.45, 7) is 4.60. The number of amides is 1. The smallest absolute Gasteiger partial charge is 0.290 e. The van der Waals surface area contributed by atoms with E-state index in [1.807, 2.05) is 48.5 Å². The Kier molecular flexibility index (Phi) is 4.78. The first-order chi connectivity index (χ1) is 13.6. The van der Waals surface area contributed by atoms with E-state index >= 15 is 0 Å². The second-order valence-corrected chi connectivity index (χ2v) is 7.36. The van der Waals surface area contributed by atoms with Crippen LogP contribution in [0, 0.1) is 0 Å². The summed E-state index contributed by atoms with van der Waals surface area (Å²) < 4.78 is 5.46. The molecule has 0 spiro atoms. The summed E-state index contributed by atoms with van der Waals surface area (Å²) >= 11 is 0. The van der Waals surface area contributed by atoms with Crippen LogP contribution in [0.5, 0.6) is 0 Å². The average molecular weight is 373 g/mol. The Hall–Kier alpha value is -3.27. The normalized spacial score (nSPS) is 17.0. The number of hydrogen-bond acceptors (Lipinski definition) is 3. The van der Waals surface area contributed by atoms with Crippen LogP contribution in [0.3, 0.4) is 0 Å². The fraction of sp³-hybridized carbons (Fsp3) is 0.208. The van der Waals surface area contributed by atoms with Crippen LogP contribution < -0.4 is 0 Å². The highest BCUT2D eigenvalue weighted by Gasteiger charge is 2.41. The molecule has 2 aromatic carbocycles. The van der Waals surface area contributed by atoms with Gasteiger partial charge in [-0.05, 0) is 34.7 Å². The Balaban J connectivity index is 1.80. The lowest BCUT2D eigenvalue weighted by Crippen LogP contribution is -2.29. The quantitative estimate of drug-likeness (QED) is 0.646. The summed E-state index contributed by atoms with van der Waals surface area (Å²) in [5.74, 6) is 0.527. The maximum atomic E-state index is 13.0. The Morgan fingerprint density at radius 3 is 2.32 bits per heavy atom. The highest BCUT2D eigenvalue weighted by atomic mass is 16.3. The third-order valence-corrected chi connectivity index (χ3v) is 5.21. The molecule has 1 atom stereocenters. The van der Waals surface area contributed by atoms with E-state index in [-0.39, 0.29) is 17.7 Å². The molecule has 0 aliphatic carbocycles. The van der Waals surface area contributed by atoms with Gasteiger partial charge in [-0.2, -0.15) is 0 Å². The fourth-order valence-electron chi connectivity index (χ4n) is 3.71. The van der Waals surface area contributed by atoms with Crippen LogP contribution in [-0.2, 0) is 11.3 Å². The van der Waals surface area contributed by atoms with Crippen molar-refractivity contribution in [3.63, 3.8) is 0 Å². The molecule has 4 nitrogen and oxygen atoms in total. The van der Waals surface area contributed by atoms with Crippen LogP contribution >= 0.6 is 0 Å². The highest BCUT2D eigenvalue weighted by molar-refractivity contribution is 6.05. The third-order valence-electron chi connectivity index (χ3n) is 5.21. The average Bonchev–Trinajstić information content (AvgIpc) is 3.31. The maximum absolute atomic E-state index is 13.0. The molecule has 1 aliphatic heterocycles. The van der Waals surface area contributed by atoms with Crippen LogP contribution in [-0.4, -0.2) is 15.9 Å². The molecule has 0 saturated heterocycles. The molecule has 0 fully saturated rings. The minimum absolute atomic E-state index is 0.198. The maximum Gasteiger partial charge on any atom is 0.290 e. The lowest BCUT2D eigenvalue weighted by atomic mass is 9.92. The van der Waals surface area contributed by atoms with E-state index in [4.69, 9.17) is 4.42 Å². The van der Waals surface area contributed by atoms with Gasteiger partial charge in [0.15, 0.2) is 5.76 Å². The van der Waals surface area contributed by atoms with Crippen molar-refractivity contribution in [1.29, 1.82) is 0 Å². The number of carbonyl (C=O) groups is 1. The largest absolute Gasteiger partial charge is 0.503 e. The first-order valence-corrected chi connectivity index (χ1v) is 9.48. The summed E-state index contributed by atoms with van der Waals surface area (Å²) in [5, 5.41) is 10.7. The topological polar surface area (TPSA) is 53.7 Å². The molecule has 2 heterocycles. The molecular weight excluding hydrogens is 350 g/mol. The van der Waals surface area contributed by atoms with Crippen molar-refractivity contribution in [2.45, 2.75) is 32.4 Å². The second kappa shape index (κ2) is 7.39. The monoisotopic (exact) mass is 373 g/mol. The van der Waals surface area contributed by atoms with Gasteiger partial charge in [-0.15, -0.1) is 0 Å². The first kappa shape index (κ1) is 18.1. The Morgan fingerprint density at radius 1 is 1.00 bits per heavy atom. The van der Waals surface area contributed by atoms with Gasteiger partial charge < -0.3 is 14.4 Å². The van der Waals surface area contributed by atoms with Gasteiger partial charge in [-0.1, -0.05) is 68.4 Å². The van der Waals surface area contributed by atoms with Gasteiger partial charge in [0.05, 0.1) is 18.8 Å². The van der Waals surface area contributed by atoms with E-state index in [9.17, 15) is 9.90 Å². The van der Waals surface area contributed by atoms with Crippen molar-refractivity contribution in [3.05, 3.63) is 101 Å². The summed E-state index contributed by atoms with van der Waals surface area (Å²) in [6.07, 6.45) is 1.59. The molecule has 0 unspecified atom stereocenters. The molecular formula is C24H23NO3. The van der Waals surface area contributed by atoms with Gasteiger partial charge in [-0.3, -0.25) is 4.79 Å². The number of rotatable bonds is 5. The van der Waals surface area contributed by atoms with Gasteiger partial charge in [0.25, 0.3) is 5.91 Å². The molecule has 0 radical (unpaired) electrons. The van der Waals surface area contributed by atoms with Crippen LogP contribution in [0.2, 0.25) is 0 Å². The van der Waals surface area contributed by atoms with Crippen molar-refractivity contribution in [1.82, 2.24) is 4.90 Å². The van der Waals surface area contributed by atoms with Gasteiger partial charge in [0.1, 0.15) is 5.76 Å². The predicted molar refractivity (Wildman–Crippen MR) is 109 cm³/mol. The van der Waals surface area contributed by atoms with Crippen molar-refractivity contribution in [3.8, 4) is 0 Å². The Labute approximate surface area is 164 Å². The van der Waals surface area contributed by atoms with Gasteiger partial charge >= 0.3 is 0 Å².